The number of benzene rings is 1. The van der Waals surface area contributed by atoms with E-state index in [1.165, 1.54) is 5.56 Å². The molecule has 1 fully saturated rings. The van der Waals surface area contributed by atoms with Crippen LogP contribution in [0, 0.1) is 5.92 Å². The fourth-order valence-electron chi connectivity index (χ4n) is 3.21. The van der Waals surface area contributed by atoms with Gasteiger partial charge >= 0.3 is 5.97 Å². The quantitative estimate of drug-likeness (QED) is 0.308. The molecule has 0 amide bonds. The molecule has 26 heavy (non-hydrogen) atoms. The highest BCUT2D eigenvalue weighted by Gasteiger charge is 2.28. The summed E-state index contributed by atoms with van der Waals surface area (Å²) < 4.78 is 5.14. The van der Waals surface area contributed by atoms with E-state index in [1.807, 2.05) is 20.0 Å². The Morgan fingerprint density at radius 3 is 2.42 bits per heavy atom. The molecule has 1 N–H and O–H groups in total. The van der Waals surface area contributed by atoms with Crippen LogP contribution in [0.3, 0.4) is 0 Å². The third-order valence-corrected chi connectivity index (χ3v) is 4.87. The van der Waals surface area contributed by atoms with Gasteiger partial charge in [0.05, 0.1) is 12.5 Å². The number of rotatable bonds is 5. The molecule has 2 rings (SSSR count). The minimum Gasteiger partial charge on any atom is -0.466 e. The summed E-state index contributed by atoms with van der Waals surface area (Å²) in [6.07, 6.45) is 1.64. The van der Waals surface area contributed by atoms with Gasteiger partial charge in [0.25, 0.3) is 0 Å². The van der Waals surface area contributed by atoms with Crippen molar-refractivity contribution < 1.29 is 9.53 Å². The lowest BCUT2D eigenvalue weighted by molar-refractivity contribution is -0.149. The summed E-state index contributed by atoms with van der Waals surface area (Å²) in [6.45, 7) is 9.24. The highest BCUT2D eigenvalue weighted by Crippen LogP contribution is 2.22. The van der Waals surface area contributed by atoms with Gasteiger partial charge in [-0.1, -0.05) is 44.2 Å². The summed E-state index contributed by atoms with van der Waals surface area (Å²) in [4.78, 5) is 18.5. The smallest absolute Gasteiger partial charge is 0.309 e. The highest BCUT2D eigenvalue weighted by atomic mass is 127. The van der Waals surface area contributed by atoms with E-state index in [0.717, 1.165) is 38.4 Å². The third kappa shape index (κ3) is 6.14. The zero-order chi connectivity index (χ0) is 18.3. The Morgan fingerprint density at radius 2 is 1.88 bits per heavy atom. The summed E-state index contributed by atoms with van der Waals surface area (Å²) in [5, 5.41) is 3.51. The van der Waals surface area contributed by atoms with Gasteiger partial charge in [-0.3, -0.25) is 9.79 Å². The zero-order valence-electron chi connectivity index (χ0n) is 16.3. The number of esters is 1. The minimum absolute atomic E-state index is 0. The number of nitrogens with one attached hydrogen (secondary N) is 1. The van der Waals surface area contributed by atoms with Gasteiger partial charge in [0, 0.05) is 32.1 Å². The van der Waals surface area contributed by atoms with Crippen LogP contribution in [0.15, 0.2) is 35.3 Å². The van der Waals surface area contributed by atoms with Crippen molar-refractivity contribution in [2.45, 2.75) is 39.0 Å². The van der Waals surface area contributed by atoms with Crippen molar-refractivity contribution in [2.24, 2.45) is 10.9 Å². The van der Waals surface area contributed by atoms with E-state index in [1.54, 1.807) is 0 Å². The van der Waals surface area contributed by atoms with Gasteiger partial charge in [-0.25, -0.2) is 0 Å². The Morgan fingerprint density at radius 1 is 1.27 bits per heavy atom. The molecule has 1 aliphatic rings. The van der Waals surface area contributed by atoms with E-state index < -0.39 is 0 Å². The van der Waals surface area contributed by atoms with Crippen LogP contribution in [0.2, 0.25) is 0 Å². The first-order valence-electron chi connectivity index (χ1n) is 9.15. The molecule has 0 radical (unpaired) electrons. The molecule has 5 nitrogen and oxygen atoms in total. The lowest BCUT2D eigenvalue weighted by Gasteiger charge is -2.35. The number of carbonyl (C=O) groups is 1. The van der Waals surface area contributed by atoms with E-state index in [4.69, 9.17) is 4.74 Å². The molecule has 6 heteroatoms. The van der Waals surface area contributed by atoms with E-state index >= 15 is 0 Å². The lowest BCUT2D eigenvalue weighted by Crippen LogP contribution is -2.49. The number of hydrogen-bond donors (Lipinski definition) is 1. The van der Waals surface area contributed by atoms with Crippen molar-refractivity contribution in [3.8, 4) is 0 Å². The number of nitrogens with zero attached hydrogens (tertiary/aromatic N) is 2. The maximum atomic E-state index is 11.9. The van der Waals surface area contributed by atoms with E-state index in [-0.39, 0.29) is 41.3 Å². The maximum Gasteiger partial charge on any atom is 0.309 e. The Kier molecular flexibility index (Phi) is 9.39. The number of halogens is 1. The molecule has 1 aliphatic heterocycles. The number of hydrogen-bond acceptors (Lipinski definition) is 3. The minimum atomic E-state index is -0.0599. The number of aliphatic imine (C=N–C) groups is 1. The number of piperidine rings is 1. The number of ether oxygens (including phenoxy) is 1. The van der Waals surface area contributed by atoms with E-state index in [0.29, 0.717) is 6.61 Å². The molecular formula is C20H32IN3O2. The van der Waals surface area contributed by atoms with Crippen LogP contribution in [0.1, 0.15) is 39.2 Å². The Hall–Kier alpha value is -1.31. The molecule has 0 atom stereocenters. The van der Waals surface area contributed by atoms with Gasteiger partial charge in [-0.05, 0) is 25.3 Å². The van der Waals surface area contributed by atoms with E-state index in [9.17, 15) is 4.79 Å². The summed E-state index contributed by atoms with van der Waals surface area (Å²) in [6, 6.07) is 10.5. The molecule has 0 bridgehead atoms. The maximum absolute atomic E-state index is 11.9. The number of carbonyl (C=O) groups excluding carboxylic acids is 1. The predicted molar refractivity (Wildman–Crippen MR) is 117 cm³/mol. The van der Waals surface area contributed by atoms with Crippen molar-refractivity contribution >= 4 is 35.9 Å². The van der Waals surface area contributed by atoms with Crippen molar-refractivity contribution in [1.82, 2.24) is 10.2 Å². The third-order valence-electron chi connectivity index (χ3n) is 4.87. The Bertz CT molecular complexity index is 582. The van der Waals surface area contributed by atoms with Crippen LogP contribution in [0.5, 0.6) is 0 Å². The topological polar surface area (TPSA) is 53.9 Å². The molecule has 0 aliphatic carbocycles. The zero-order valence-corrected chi connectivity index (χ0v) is 18.7. The van der Waals surface area contributed by atoms with Gasteiger partial charge in [0.15, 0.2) is 5.96 Å². The molecule has 1 aromatic rings. The molecule has 0 unspecified atom stereocenters. The first-order valence-corrected chi connectivity index (χ1v) is 9.15. The number of guanidine groups is 1. The second-order valence-electron chi connectivity index (χ2n) is 7.16. The predicted octanol–water partition coefficient (Wildman–Crippen LogP) is 3.43. The van der Waals surface area contributed by atoms with Crippen LogP contribution in [0.4, 0.5) is 0 Å². The van der Waals surface area contributed by atoms with Crippen molar-refractivity contribution in [3.63, 3.8) is 0 Å². The average molecular weight is 473 g/mol. The monoisotopic (exact) mass is 473 g/mol. The molecule has 0 spiro atoms. The highest BCUT2D eigenvalue weighted by molar-refractivity contribution is 14.0. The normalized spacial score (nSPS) is 16.0. The largest absolute Gasteiger partial charge is 0.466 e. The summed E-state index contributed by atoms with van der Waals surface area (Å²) >= 11 is 0. The van der Waals surface area contributed by atoms with Crippen LogP contribution in [0.25, 0.3) is 0 Å². The molecule has 1 saturated heterocycles. The second kappa shape index (κ2) is 10.7. The van der Waals surface area contributed by atoms with Gasteiger partial charge in [-0.2, -0.15) is 0 Å². The van der Waals surface area contributed by atoms with Crippen LogP contribution in [-0.4, -0.2) is 50.1 Å². The van der Waals surface area contributed by atoms with Crippen LogP contribution < -0.4 is 5.32 Å². The van der Waals surface area contributed by atoms with Crippen LogP contribution in [-0.2, 0) is 14.9 Å². The molecule has 0 saturated carbocycles. The van der Waals surface area contributed by atoms with Crippen molar-refractivity contribution in [1.29, 1.82) is 0 Å². The van der Waals surface area contributed by atoms with Gasteiger partial charge in [0.1, 0.15) is 0 Å². The lowest BCUT2D eigenvalue weighted by atomic mass is 9.85. The first kappa shape index (κ1) is 22.7. The summed E-state index contributed by atoms with van der Waals surface area (Å²) in [5.74, 6) is 0.872. The fourth-order valence-corrected chi connectivity index (χ4v) is 3.21. The molecule has 1 aromatic carbocycles. The number of likely N-dealkylation sites (tertiary alicyclic amines) is 1. The summed E-state index contributed by atoms with van der Waals surface area (Å²) in [7, 11) is 1.81. The second-order valence-corrected chi connectivity index (χ2v) is 7.16. The molecule has 1 heterocycles. The fraction of sp³-hybridized carbons (Fsp3) is 0.600. The standard InChI is InChI=1S/C20H31N3O2.HI/c1-5-25-18(24)16-11-13-23(14-12-16)19(21-4)22-15-20(2,3)17-9-7-6-8-10-17;/h6-10,16H,5,11-15H2,1-4H3,(H,21,22);1H. The van der Waals surface area contributed by atoms with Crippen LogP contribution >= 0.6 is 24.0 Å². The Balaban J connectivity index is 0.00000338. The molecular weight excluding hydrogens is 441 g/mol. The van der Waals surface area contributed by atoms with Gasteiger partial charge in [0.2, 0.25) is 0 Å². The molecule has 146 valence electrons. The average Bonchev–Trinajstić information content (AvgIpc) is 2.63. The SMILES string of the molecule is CCOC(=O)C1CCN(C(=NC)NCC(C)(C)c2ccccc2)CC1.I. The molecule has 0 aromatic heterocycles. The van der Waals surface area contributed by atoms with Gasteiger partial charge in [-0.15, -0.1) is 24.0 Å². The van der Waals surface area contributed by atoms with Crippen molar-refractivity contribution in [2.75, 3.05) is 33.3 Å². The van der Waals surface area contributed by atoms with Gasteiger partial charge < -0.3 is 15.0 Å². The van der Waals surface area contributed by atoms with E-state index in [2.05, 4.69) is 53.3 Å². The Labute approximate surface area is 174 Å². The van der Waals surface area contributed by atoms with Crippen molar-refractivity contribution in [3.05, 3.63) is 35.9 Å². The first-order chi connectivity index (χ1) is 12.0. The summed E-state index contributed by atoms with van der Waals surface area (Å²) in [5.41, 5.74) is 1.32.